The molecule has 1 heterocycles. The van der Waals surface area contributed by atoms with Gasteiger partial charge < -0.3 is 5.11 Å². The van der Waals surface area contributed by atoms with Crippen LogP contribution in [0.4, 0.5) is 13.2 Å². The van der Waals surface area contributed by atoms with Crippen LogP contribution in [0.5, 0.6) is 0 Å². The van der Waals surface area contributed by atoms with Crippen LogP contribution >= 0.6 is 0 Å². The van der Waals surface area contributed by atoms with Gasteiger partial charge in [0.15, 0.2) is 0 Å². The van der Waals surface area contributed by atoms with Crippen molar-refractivity contribution in [2.75, 3.05) is 0 Å². The Labute approximate surface area is 138 Å². The Kier molecular flexibility index (Phi) is 3.95. The van der Waals surface area contributed by atoms with Crippen LogP contribution < -0.4 is 4.72 Å². The van der Waals surface area contributed by atoms with Gasteiger partial charge in [-0.05, 0) is 43.0 Å². The van der Waals surface area contributed by atoms with Crippen LogP contribution in [0.1, 0.15) is 48.8 Å². The zero-order valence-electron chi connectivity index (χ0n) is 13.1. The maximum atomic E-state index is 12.9. The SMILES string of the molecule is Cc1cc(C2=C(O)C3(CCCCC3)NS2(=O)=O)ccc1C(F)(F)F. The Morgan fingerprint density at radius 2 is 1.79 bits per heavy atom. The van der Waals surface area contributed by atoms with E-state index in [0.29, 0.717) is 12.8 Å². The summed E-state index contributed by atoms with van der Waals surface area (Å²) in [6.07, 6.45) is -0.998. The van der Waals surface area contributed by atoms with Crippen LogP contribution in [-0.4, -0.2) is 19.1 Å². The number of hydrogen-bond donors (Lipinski definition) is 2. The molecule has 0 amide bonds. The second-order valence-corrected chi connectivity index (χ2v) is 8.07. The fourth-order valence-electron chi connectivity index (χ4n) is 3.61. The van der Waals surface area contributed by atoms with Gasteiger partial charge in [0, 0.05) is 0 Å². The average molecular weight is 361 g/mol. The molecule has 8 heteroatoms. The van der Waals surface area contributed by atoms with Gasteiger partial charge in [-0.3, -0.25) is 0 Å². The van der Waals surface area contributed by atoms with E-state index in [1.54, 1.807) is 0 Å². The molecule has 3 rings (SSSR count). The van der Waals surface area contributed by atoms with E-state index in [0.717, 1.165) is 37.5 Å². The fraction of sp³-hybridized carbons (Fsp3) is 0.500. The van der Waals surface area contributed by atoms with Crippen molar-refractivity contribution in [2.24, 2.45) is 0 Å². The van der Waals surface area contributed by atoms with Crippen molar-refractivity contribution in [1.82, 2.24) is 4.72 Å². The Morgan fingerprint density at radius 3 is 2.33 bits per heavy atom. The van der Waals surface area contributed by atoms with Gasteiger partial charge >= 0.3 is 6.18 Å². The van der Waals surface area contributed by atoms with Crippen LogP contribution in [0.15, 0.2) is 24.0 Å². The summed E-state index contributed by atoms with van der Waals surface area (Å²) in [5, 5.41) is 10.6. The molecular formula is C16H18F3NO3S. The molecule has 24 heavy (non-hydrogen) atoms. The number of nitrogens with one attached hydrogen (secondary N) is 1. The van der Waals surface area contributed by atoms with Crippen molar-refractivity contribution < 1.29 is 26.7 Å². The van der Waals surface area contributed by atoms with Gasteiger partial charge in [0.1, 0.15) is 10.7 Å². The maximum Gasteiger partial charge on any atom is 0.416 e. The van der Waals surface area contributed by atoms with Crippen molar-refractivity contribution >= 4 is 14.9 Å². The molecule has 4 nitrogen and oxygen atoms in total. The zero-order valence-corrected chi connectivity index (χ0v) is 13.9. The third kappa shape index (κ3) is 2.71. The summed E-state index contributed by atoms with van der Waals surface area (Å²) < 4.78 is 66.2. The summed E-state index contributed by atoms with van der Waals surface area (Å²) in [5.41, 5.74) is -1.83. The third-order valence-electron chi connectivity index (χ3n) is 4.77. The first-order valence-corrected chi connectivity index (χ1v) is 9.21. The quantitative estimate of drug-likeness (QED) is 0.798. The van der Waals surface area contributed by atoms with E-state index in [-0.39, 0.29) is 21.8 Å². The molecule has 0 saturated heterocycles. The maximum absolute atomic E-state index is 12.9. The number of benzene rings is 1. The molecule has 1 aromatic carbocycles. The lowest BCUT2D eigenvalue weighted by atomic mass is 9.80. The molecule has 0 aromatic heterocycles. The molecule has 132 valence electrons. The van der Waals surface area contributed by atoms with E-state index >= 15 is 0 Å². The van der Waals surface area contributed by atoms with Crippen molar-refractivity contribution in [3.05, 3.63) is 40.6 Å². The van der Waals surface area contributed by atoms with Crippen molar-refractivity contribution in [3.63, 3.8) is 0 Å². The highest BCUT2D eigenvalue weighted by Gasteiger charge is 2.50. The standard InChI is InChI=1S/C16H18F3NO3S/c1-10-9-11(5-6-12(10)16(17,18)19)13-14(21)15(20-24(13,22)23)7-3-2-4-8-15/h5-6,9,20-21H,2-4,7-8H2,1H3. The van der Waals surface area contributed by atoms with Crippen LogP contribution in [0, 0.1) is 6.92 Å². The Bertz CT molecular complexity index is 806. The van der Waals surface area contributed by atoms with E-state index in [1.165, 1.54) is 6.92 Å². The number of rotatable bonds is 1. The van der Waals surface area contributed by atoms with Crippen molar-refractivity contribution in [3.8, 4) is 0 Å². The van der Waals surface area contributed by atoms with Crippen molar-refractivity contribution in [1.29, 1.82) is 0 Å². The van der Waals surface area contributed by atoms with Gasteiger partial charge in [-0.15, -0.1) is 0 Å². The lowest BCUT2D eigenvalue weighted by molar-refractivity contribution is -0.138. The van der Waals surface area contributed by atoms with Gasteiger partial charge in [-0.25, -0.2) is 8.42 Å². The summed E-state index contributed by atoms with van der Waals surface area (Å²) in [4.78, 5) is -0.304. The van der Waals surface area contributed by atoms with Gasteiger partial charge in [0.2, 0.25) is 10.0 Å². The summed E-state index contributed by atoms with van der Waals surface area (Å²) in [6.45, 7) is 1.27. The first-order valence-electron chi connectivity index (χ1n) is 7.73. The monoisotopic (exact) mass is 361 g/mol. The molecule has 0 radical (unpaired) electrons. The second kappa shape index (κ2) is 5.49. The number of aryl methyl sites for hydroxylation is 1. The lowest BCUT2D eigenvalue weighted by Crippen LogP contribution is -2.45. The smallest absolute Gasteiger partial charge is 0.416 e. The largest absolute Gasteiger partial charge is 0.509 e. The van der Waals surface area contributed by atoms with Gasteiger partial charge in [-0.1, -0.05) is 25.3 Å². The van der Waals surface area contributed by atoms with E-state index in [9.17, 15) is 26.7 Å². The molecule has 2 aliphatic rings. The highest BCUT2D eigenvalue weighted by atomic mass is 32.2. The van der Waals surface area contributed by atoms with Crippen LogP contribution in [0.25, 0.3) is 4.91 Å². The van der Waals surface area contributed by atoms with Crippen LogP contribution in [0.2, 0.25) is 0 Å². The molecule has 1 spiro atoms. The number of alkyl halides is 3. The molecule has 1 aliphatic heterocycles. The number of aliphatic hydroxyl groups excluding tert-OH is 1. The summed E-state index contributed by atoms with van der Waals surface area (Å²) in [6, 6.07) is 3.12. The number of aliphatic hydroxyl groups is 1. The summed E-state index contributed by atoms with van der Waals surface area (Å²) in [5.74, 6) is -0.277. The molecule has 0 bridgehead atoms. The number of sulfonamides is 1. The average Bonchev–Trinajstić information content (AvgIpc) is 2.64. The minimum absolute atomic E-state index is 0.0768. The van der Waals surface area contributed by atoms with E-state index < -0.39 is 27.3 Å². The van der Waals surface area contributed by atoms with Gasteiger partial charge in [0.05, 0.1) is 11.1 Å². The number of hydrogen-bond acceptors (Lipinski definition) is 3. The zero-order chi connectivity index (χ0) is 17.8. The van der Waals surface area contributed by atoms with Crippen LogP contribution in [0.3, 0.4) is 0 Å². The highest BCUT2D eigenvalue weighted by Crippen LogP contribution is 2.44. The Balaban J connectivity index is 2.12. The fourth-order valence-corrected chi connectivity index (χ4v) is 5.41. The lowest BCUT2D eigenvalue weighted by Gasteiger charge is -2.32. The van der Waals surface area contributed by atoms with Crippen LogP contribution in [-0.2, 0) is 16.2 Å². The van der Waals surface area contributed by atoms with Gasteiger partial charge in [-0.2, -0.15) is 17.9 Å². The summed E-state index contributed by atoms with van der Waals surface area (Å²) in [7, 11) is -3.96. The van der Waals surface area contributed by atoms with E-state index in [4.69, 9.17) is 0 Å². The molecule has 2 N–H and O–H groups in total. The predicted octanol–water partition coefficient (Wildman–Crippen LogP) is 3.88. The topological polar surface area (TPSA) is 66.4 Å². The molecular weight excluding hydrogens is 343 g/mol. The number of halogens is 3. The second-order valence-electron chi connectivity index (χ2n) is 6.45. The molecule has 1 saturated carbocycles. The van der Waals surface area contributed by atoms with E-state index in [1.807, 2.05) is 0 Å². The normalized spacial score (nSPS) is 23.0. The predicted molar refractivity (Wildman–Crippen MR) is 83.6 cm³/mol. The molecule has 1 aromatic rings. The van der Waals surface area contributed by atoms with Crippen molar-refractivity contribution in [2.45, 2.75) is 50.7 Å². The Hall–Kier alpha value is -1.54. The summed E-state index contributed by atoms with van der Waals surface area (Å²) >= 11 is 0. The minimum atomic E-state index is -4.50. The third-order valence-corrected chi connectivity index (χ3v) is 6.39. The van der Waals surface area contributed by atoms with E-state index in [2.05, 4.69) is 4.72 Å². The molecule has 0 atom stereocenters. The molecule has 0 unspecified atom stereocenters. The first-order chi connectivity index (χ1) is 11.1. The van der Waals surface area contributed by atoms with Gasteiger partial charge in [0.25, 0.3) is 0 Å². The molecule has 1 aliphatic carbocycles. The first kappa shape index (κ1) is 17.3. The minimum Gasteiger partial charge on any atom is -0.509 e. The highest BCUT2D eigenvalue weighted by molar-refractivity contribution is 7.99. The Morgan fingerprint density at radius 1 is 1.17 bits per heavy atom. The molecule has 1 fully saturated rings.